The minimum atomic E-state index is -3.73. The van der Waals surface area contributed by atoms with Crippen LogP contribution >= 0.6 is 0 Å². The Balaban J connectivity index is 2.12. The van der Waals surface area contributed by atoms with Gasteiger partial charge in [-0.15, -0.1) is 5.10 Å². The Morgan fingerprint density at radius 3 is 2.62 bits per heavy atom. The van der Waals surface area contributed by atoms with Crippen molar-refractivity contribution in [3.8, 4) is 0 Å². The van der Waals surface area contributed by atoms with E-state index in [1.54, 1.807) is 18.2 Å². The minimum absolute atomic E-state index is 0.117. The van der Waals surface area contributed by atoms with Crippen molar-refractivity contribution in [3.63, 3.8) is 0 Å². The zero-order chi connectivity index (χ0) is 15.3. The molecule has 2 aromatic rings. The molecule has 0 aliphatic carbocycles. The zero-order valence-corrected chi connectivity index (χ0v) is 12.6. The lowest BCUT2D eigenvalue weighted by atomic mass is 10.2. The molecule has 1 aromatic carbocycles. The van der Waals surface area contributed by atoms with E-state index in [1.165, 1.54) is 12.1 Å². The first-order valence-corrected chi connectivity index (χ1v) is 8.11. The molecular formula is C14H17N3O3S. The van der Waals surface area contributed by atoms with Crippen molar-refractivity contribution in [2.24, 2.45) is 0 Å². The molecule has 0 unspecified atom stereocenters. The standard InChI is InChI=1S/C14H17N3O3S/c1-3-5-6-13-15-16-14(20-13)17-21(18,19)12-9-7-11(4-2)8-10-12/h4,7-10H,2-3,5-6H2,1H3,(H,16,17). The van der Waals surface area contributed by atoms with Gasteiger partial charge in [-0.25, -0.2) is 13.1 Å². The van der Waals surface area contributed by atoms with Gasteiger partial charge < -0.3 is 4.42 Å². The third kappa shape index (κ3) is 3.91. The van der Waals surface area contributed by atoms with E-state index in [1.807, 2.05) is 6.92 Å². The minimum Gasteiger partial charge on any atom is -0.407 e. The van der Waals surface area contributed by atoms with Gasteiger partial charge in [-0.2, -0.15) is 0 Å². The second kappa shape index (κ2) is 6.53. The summed E-state index contributed by atoms with van der Waals surface area (Å²) < 4.78 is 31.9. The Hall–Kier alpha value is -2.15. The van der Waals surface area contributed by atoms with Crippen LogP contribution in [0.2, 0.25) is 0 Å². The molecule has 1 aromatic heterocycles. The molecule has 6 nitrogen and oxygen atoms in total. The topological polar surface area (TPSA) is 85.1 Å². The zero-order valence-electron chi connectivity index (χ0n) is 11.7. The van der Waals surface area contributed by atoms with E-state index in [2.05, 4.69) is 21.5 Å². The molecule has 0 atom stereocenters. The number of hydrogen-bond acceptors (Lipinski definition) is 5. The fraction of sp³-hybridized carbons (Fsp3) is 0.286. The van der Waals surface area contributed by atoms with Gasteiger partial charge in [0.05, 0.1) is 4.90 Å². The van der Waals surface area contributed by atoms with Gasteiger partial charge in [0.25, 0.3) is 10.0 Å². The molecule has 1 N–H and O–H groups in total. The molecule has 21 heavy (non-hydrogen) atoms. The number of sulfonamides is 1. The molecule has 0 saturated heterocycles. The van der Waals surface area contributed by atoms with E-state index in [4.69, 9.17) is 4.42 Å². The first kappa shape index (κ1) is 15.2. The average molecular weight is 307 g/mol. The molecule has 0 fully saturated rings. The predicted octanol–water partition coefficient (Wildman–Crippen LogP) is 2.86. The molecule has 0 saturated carbocycles. The Bertz CT molecular complexity index is 705. The molecule has 1 heterocycles. The number of nitrogens with one attached hydrogen (secondary N) is 1. The van der Waals surface area contributed by atoms with Gasteiger partial charge in [0.15, 0.2) is 0 Å². The van der Waals surface area contributed by atoms with E-state index >= 15 is 0 Å². The highest BCUT2D eigenvalue weighted by Gasteiger charge is 2.17. The first-order valence-electron chi connectivity index (χ1n) is 6.63. The quantitative estimate of drug-likeness (QED) is 0.850. The van der Waals surface area contributed by atoms with Crippen LogP contribution in [-0.4, -0.2) is 18.6 Å². The fourth-order valence-electron chi connectivity index (χ4n) is 1.68. The lowest BCUT2D eigenvalue weighted by Gasteiger charge is -2.04. The van der Waals surface area contributed by atoms with E-state index in [-0.39, 0.29) is 10.9 Å². The highest BCUT2D eigenvalue weighted by molar-refractivity contribution is 7.92. The number of aromatic nitrogens is 2. The van der Waals surface area contributed by atoms with E-state index in [9.17, 15) is 8.42 Å². The maximum absolute atomic E-state index is 12.2. The van der Waals surface area contributed by atoms with E-state index in [0.29, 0.717) is 12.3 Å². The summed E-state index contributed by atoms with van der Waals surface area (Å²) in [5, 5.41) is 7.49. The molecule has 7 heteroatoms. The van der Waals surface area contributed by atoms with E-state index < -0.39 is 10.0 Å². The van der Waals surface area contributed by atoms with Crippen molar-refractivity contribution in [1.29, 1.82) is 0 Å². The largest absolute Gasteiger partial charge is 0.407 e. The summed E-state index contributed by atoms with van der Waals surface area (Å²) in [6, 6.07) is 6.21. The summed E-state index contributed by atoms with van der Waals surface area (Å²) in [4.78, 5) is 0.126. The van der Waals surface area contributed by atoms with Crippen LogP contribution in [0, 0.1) is 0 Å². The summed E-state index contributed by atoms with van der Waals surface area (Å²) in [7, 11) is -3.73. The van der Waals surface area contributed by atoms with Crippen molar-refractivity contribution < 1.29 is 12.8 Å². The van der Waals surface area contributed by atoms with Crippen molar-refractivity contribution in [2.45, 2.75) is 31.1 Å². The number of unbranched alkanes of at least 4 members (excludes halogenated alkanes) is 1. The highest BCUT2D eigenvalue weighted by Crippen LogP contribution is 2.16. The number of aryl methyl sites for hydroxylation is 1. The maximum atomic E-state index is 12.2. The number of benzene rings is 1. The van der Waals surface area contributed by atoms with Crippen LogP contribution in [0.25, 0.3) is 6.08 Å². The fourth-order valence-corrected chi connectivity index (χ4v) is 2.61. The Kier molecular flexibility index (Phi) is 4.74. The number of rotatable bonds is 7. The van der Waals surface area contributed by atoms with Crippen LogP contribution in [0.4, 0.5) is 6.01 Å². The van der Waals surface area contributed by atoms with Gasteiger partial charge in [-0.1, -0.05) is 43.2 Å². The summed E-state index contributed by atoms with van der Waals surface area (Å²) >= 11 is 0. The molecule has 2 rings (SSSR count). The third-order valence-corrected chi connectivity index (χ3v) is 4.19. The Morgan fingerprint density at radius 2 is 2.00 bits per heavy atom. The number of hydrogen-bond donors (Lipinski definition) is 1. The number of nitrogens with zero attached hydrogens (tertiary/aromatic N) is 2. The highest BCUT2D eigenvalue weighted by atomic mass is 32.2. The van der Waals surface area contributed by atoms with Gasteiger partial charge in [0, 0.05) is 6.42 Å². The van der Waals surface area contributed by atoms with Crippen LogP contribution in [0.5, 0.6) is 0 Å². The lowest BCUT2D eigenvalue weighted by Crippen LogP contribution is -2.13. The smallest absolute Gasteiger partial charge is 0.329 e. The van der Waals surface area contributed by atoms with Crippen LogP contribution in [0.3, 0.4) is 0 Å². The third-order valence-electron chi connectivity index (χ3n) is 2.86. The predicted molar refractivity (Wildman–Crippen MR) is 80.3 cm³/mol. The van der Waals surface area contributed by atoms with Crippen LogP contribution in [0.15, 0.2) is 40.2 Å². The lowest BCUT2D eigenvalue weighted by molar-refractivity contribution is 0.498. The summed E-state index contributed by atoms with van der Waals surface area (Å²) in [6.45, 7) is 5.67. The molecule has 0 radical (unpaired) electrons. The van der Waals surface area contributed by atoms with Gasteiger partial charge in [0.1, 0.15) is 0 Å². The van der Waals surface area contributed by atoms with Crippen LogP contribution in [0.1, 0.15) is 31.2 Å². The average Bonchev–Trinajstić information content (AvgIpc) is 2.92. The van der Waals surface area contributed by atoms with Gasteiger partial charge in [-0.3, -0.25) is 0 Å². The number of anilines is 1. The van der Waals surface area contributed by atoms with Crippen molar-refractivity contribution in [2.75, 3.05) is 4.72 Å². The normalized spacial score (nSPS) is 11.3. The summed E-state index contributed by atoms with van der Waals surface area (Å²) in [5.41, 5.74) is 0.841. The molecule has 0 amide bonds. The Labute approximate surface area is 124 Å². The molecule has 0 bridgehead atoms. The molecule has 0 aliphatic heterocycles. The second-order valence-corrected chi connectivity index (χ2v) is 6.17. The van der Waals surface area contributed by atoms with Crippen LogP contribution in [-0.2, 0) is 16.4 Å². The van der Waals surface area contributed by atoms with Crippen LogP contribution < -0.4 is 4.72 Å². The van der Waals surface area contributed by atoms with Crippen molar-refractivity contribution >= 4 is 22.1 Å². The Morgan fingerprint density at radius 1 is 1.29 bits per heavy atom. The summed E-state index contributed by atoms with van der Waals surface area (Å²) in [5.74, 6) is 0.427. The van der Waals surface area contributed by atoms with Gasteiger partial charge in [0.2, 0.25) is 5.89 Å². The monoisotopic (exact) mass is 307 g/mol. The SMILES string of the molecule is C=Cc1ccc(S(=O)(=O)Nc2nnc(CCCC)o2)cc1. The maximum Gasteiger partial charge on any atom is 0.329 e. The summed E-state index contributed by atoms with van der Waals surface area (Å²) in [6.07, 6.45) is 4.19. The van der Waals surface area contributed by atoms with E-state index in [0.717, 1.165) is 18.4 Å². The molecule has 0 spiro atoms. The first-order chi connectivity index (χ1) is 10.0. The second-order valence-electron chi connectivity index (χ2n) is 4.48. The molecule has 0 aliphatic rings. The molecular weight excluding hydrogens is 290 g/mol. The molecule has 112 valence electrons. The van der Waals surface area contributed by atoms with Crippen molar-refractivity contribution in [1.82, 2.24) is 10.2 Å². The van der Waals surface area contributed by atoms with Crippen molar-refractivity contribution in [3.05, 3.63) is 42.3 Å². The van der Waals surface area contributed by atoms with Gasteiger partial charge >= 0.3 is 6.01 Å². The van der Waals surface area contributed by atoms with Gasteiger partial charge in [-0.05, 0) is 24.1 Å².